The molecule has 1 aliphatic carbocycles. The number of hydrogen-bond acceptors (Lipinski definition) is 5. The van der Waals surface area contributed by atoms with Gasteiger partial charge in [-0.3, -0.25) is 9.59 Å². The van der Waals surface area contributed by atoms with Crippen LogP contribution >= 0.6 is 15.9 Å². The molecule has 0 aliphatic heterocycles. The van der Waals surface area contributed by atoms with Gasteiger partial charge in [0.15, 0.2) is 11.6 Å². The van der Waals surface area contributed by atoms with Crippen molar-refractivity contribution < 1.29 is 24.2 Å². The van der Waals surface area contributed by atoms with Crippen molar-refractivity contribution in [1.82, 2.24) is 0 Å². The lowest BCUT2D eigenvalue weighted by Gasteiger charge is -2.09. The van der Waals surface area contributed by atoms with Crippen molar-refractivity contribution in [3.63, 3.8) is 0 Å². The number of carbonyl (C=O) groups excluding carboxylic acids is 3. The number of halogens is 1. The molecule has 5 nitrogen and oxygen atoms in total. The molecule has 0 fully saturated rings. The van der Waals surface area contributed by atoms with Gasteiger partial charge >= 0.3 is 0 Å². The summed E-state index contributed by atoms with van der Waals surface area (Å²) in [6, 6.07) is 11.5. The van der Waals surface area contributed by atoms with Crippen LogP contribution in [0.3, 0.4) is 0 Å². The first-order chi connectivity index (χ1) is 11.5. The molecule has 0 unspecified atom stereocenters. The number of carboxylic acids is 1. The SMILES string of the molecule is O=C([O-])COc1ccc(C=C2C(=O)c3ccccc3C2=O)cc1Br. The van der Waals surface area contributed by atoms with Gasteiger partial charge in [-0.05, 0) is 39.7 Å². The number of hydrogen-bond donors (Lipinski definition) is 0. The molecule has 2 aromatic rings. The first-order valence-corrected chi connectivity index (χ1v) is 7.79. The second-order valence-corrected chi connectivity index (χ2v) is 5.97. The second kappa shape index (κ2) is 6.41. The summed E-state index contributed by atoms with van der Waals surface area (Å²) in [4.78, 5) is 35.1. The van der Waals surface area contributed by atoms with Gasteiger partial charge in [-0.25, -0.2) is 0 Å². The molecule has 0 bridgehead atoms. The number of Topliss-reactive ketones (excluding diaryl/α,β-unsaturated/α-hetero) is 2. The first-order valence-electron chi connectivity index (χ1n) is 6.99. The van der Waals surface area contributed by atoms with Crippen LogP contribution < -0.4 is 9.84 Å². The van der Waals surface area contributed by atoms with Gasteiger partial charge in [-0.1, -0.05) is 30.3 Å². The zero-order chi connectivity index (χ0) is 17.3. The molecule has 0 heterocycles. The number of ketones is 2. The predicted octanol–water partition coefficient (Wildman–Crippen LogP) is 2.04. The molecule has 0 saturated heterocycles. The molecule has 0 amide bonds. The number of carbonyl (C=O) groups is 3. The summed E-state index contributed by atoms with van der Waals surface area (Å²) in [5.74, 6) is -1.60. The normalized spacial score (nSPS) is 13.0. The quantitative estimate of drug-likeness (QED) is 0.593. The molecule has 0 spiro atoms. The Morgan fingerprint density at radius 1 is 1.08 bits per heavy atom. The lowest BCUT2D eigenvalue weighted by molar-refractivity contribution is -0.307. The second-order valence-electron chi connectivity index (χ2n) is 5.11. The Bertz CT molecular complexity index is 861. The van der Waals surface area contributed by atoms with Crippen molar-refractivity contribution in [3.8, 4) is 5.75 Å². The van der Waals surface area contributed by atoms with E-state index in [2.05, 4.69) is 15.9 Å². The highest BCUT2D eigenvalue weighted by Crippen LogP contribution is 2.30. The highest BCUT2D eigenvalue weighted by Gasteiger charge is 2.32. The van der Waals surface area contributed by atoms with Crippen LogP contribution in [0, 0.1) is 0 Å². The molecule has 0 radical (unpaired) electrons. The summed E-state index contributed by atoms with van der Waals surface area (Å²) in [6.45, 7) is -0.564. The van der Waals surface area contributed by atoms with Gasteiger partial charge in [0.25, 0.3) is 0 Å². The molecule has 1 aliphatic rings. The zero-order valence-corrected chi connectivity index (χ0v) is 13.8. The number of rotatable bonds is 4. The van der Waals surface area contributed by atoms with Gasteiger partial charge in [0.1, 0.15) is 12.4 Å². The first kappa shape index (κ1) is 16.1. The third-order valence-corrected chi connectivity index (χ3v) is 4.14. The van der Waals surface area contributed by atoms with Gasteiger partial charge in [0.05, 0.1) is 16.0 Å². The third kappa shape index (κ3) is 3.00. The lowest BCUT2D eigenvalue weighted by Crippen LogP contribution is -2.29. The minimum absolute atomic E-state index is 0.103. The van der Waals surface area contributed by atoms with E-state index in [1.165, 1.54) is 6.08 Å². The van der Waals surface area contributed by atoms with Crippen molar-refractivity contribution in [2.24, 2.45) is 0 Å². The number of fused-ring (bicyclic) bond motifs is 1. The molecule has 3 rings (SSSR count). The Morgan fingerprint density at radius 3 is 2.25 bits per heavy atom. The van der Waals surface area contributed by atoms with Crippen LogP contribution in [0.4, 0.5) is 0 Å². The number of ether oxygens (including phenoxy) is 1. The van der Waals surface area contributed by atoms with Crippen LogP contribution in [-0.4, -0.2) is 24.1 Å². The van der Waals surface area contributed by atoms with Crippen LogP contribution in [0.2, 0.25) is 0 Å². The summed E-state index contributed by atoms with van der Waals surface area (Å²) in [6.07, 6.45) is 1.51. The maximum Gasteiger partial charge on any atom is 0.197 e. The average molecular weight is 386 g/mol. The molecule has 0 N–H and O–H groups in total. The van der Waals surface area contributed by atoms with Crippen molar-refractivity contribution >= 4 is 39.5 Å². The number of benzene rings is 2. The van der Waals surface area contributed by atoms with E-state index in [-0.39, 0.29) is 17.1 Å². The molecular weight excluding hydrogens is 376 g/mol. The van der Waals surface area contributed by atoms with Crippen LogP contribution in [-0.2, 0) is 4.79 Å². The fourth-order valence-corrected chi connectivity index (χ4v) is 2.94. The standard InChI is InChI=1S/C18H11BrO5/c19-14-8-10(5-6-15(14)24-9-16(20)21)7-13-17(22)11-3-1-2-4-12(11)18(13)23/h1-8H,9H2,(H,20,21)/p-1. The predicted molar refractivity (Wildman–Crippen MR) is 87.7 cm³/mol. The van der Waals surface area contributed by atoms with Crippen LogP contribution in [0.15, 0.2) is 52.5 Å². The van der Waals surface area contributed by atoms with E-state index in [4.69, 9.17) is 4.74 Å². The number of allylic oxidation sites excluding steroid dienone is 1. The average Bonchev–Trinajstić information content (AvgIpc) is 2.79. The molecule has 0 aromatic heterocycles. The van der Waals surface area contributed by atoms with Crippen molar-refractivity contribution in [2.45, 2.75) is 0 Å². The van der Waals surface area contributed by atoms with Gasteiger partial charge in [-0.15, -0.1) is 0 Å². The smallest absolute Gasteiger partial charge is 0.197 e. The van der Waals surface area contributed by atoms with E-state index < -0.39 is 12.6 Å². The van der Waals surface area contributed by atoms with E-state index in [0.29, 0.717) is 26.9 Å². The van der Waals surface area contributed by atoms with Crippen LogP contribution in [0.25, 0.3) is 6.08 Å². The topological polar surface area (TPSA) is 83.5 Å². The minimum Gasteiger partial charge on any atom is -0.546 e. The third-order valence-electron chi connectivity index (χ3n) is 3.52. The molecule has 0 saturated carbocycles. The molecule has 120 valence electrons. The Morgan fingerprint density at radius 2 is 1.71 bits per heavy atom. The Hall–Kier alpha value is -2.73. The van der Waals surface area contributed by atoms with Gasteiger partial charge in [0.2, 0.25) is 0 Å². The van der Waals surface area contributed by atoms with E-state index in [1.54, 1.807) is 42.5 Å². The van der Waals surface area contributed by atoms with Gasteiger partial charge in [-0.2, -0.15) is 0 Å². The van der Waals surface area contributed by atoms with Crippen molar-refractivity contribution in [1.29, 1.82) is 0 Å². The fraction of sp³-hybridized carbons (Fsp3) is 0.0556. The molecular formula is C18H10BrO5-. The largest absolute Gasteiger partial charge is 0.546 e. The van der Waals surface area contributed by atoms with E-state index in [0.717, 1.165) is 0 Å². The van der Waals surface area contributed by atoms with Gasteiger partial charge < -0.3 is 14.6 Å². The molecule has 6 heteroatoms. The van der Waals surface area contributed by atoms with Gasteiger partial charge in [0, 0.05) is 11.1 Å². The molecule has 2 aromatic carbocycles. The molecule has 0 atom stereocenters. The maximum atomic E-state index is 12.3. The summed E-state index contributed by atoms with van der Waals surface area (Å²) < 4.78 is 5.56. The van der Waals surface area contributed by atoms with Crippen molar-refractivity contribution in [3.05, 3.63) is 69.2 Å². The summed E-state index contributed by atoms with van der Waals surface area (Å²) >= 11 is 3.27. The monoisotopic (exact) mass is 385 g/mol. The Kier molecular flexibility index (Phi) is 4.31. The zero-order valence-electron chi connectivity index (χ0n) is 12.2. The van der Waals surface area contributed by atoms with Crippen molar-refractivity contribution in [2.75, 3.05) is 6.61 Å². The lowest BCUT2D eigenvalue weighted by atomic mass is 10.1. The number of carboxylic acid groups (broad SMARTS) is 1. The van der Waals surface area contributed by atoms with Crippen LogP contribution in [0.5, 0.6) is 5.75 Å². The van der Waals surface area contributed by atoms with E-state index >= 15 is 0 Å². The highest BCUT2D eigenvalue weighted by molar-refractivity contribution is 9.10. The fourth-order valence-electron chi connectivity index (χ4n) is 2.43. The molecule has 24 heavy (non-hydrogen) atoms. The van der Waals surface area contributed by atoms with Crippen LogP contribution in [0.1, 0.15) is 26.3 Å². The summed E-state index contributed by atoms with van der Waals surface area (Å²) in [5, 5.41) is 10.4. The summed E-state index contributed by atoms with van der Waals surface area (Å²) in [5.41, 5.74) is 1.53. The van der Waals surface area contributed by atoms with E-state index in [9.17, 15) is 19.5 Å². The highest BCUT2D eigenvalue weighted by atomic mass is 79.9. The maximum absolute atomic E-state index is 12.3. The summed E-state index contributed by atoms with van der Waals surface area (Å²) in [7, 11) is 0. The minimum atomic E-state index is -1.33. The number of aliphatic carboxylic acids is 1. The Labute approximate surface area is 145 Å². The Balaban J connectivity index is 1.90. The van der Waals surface area contributed by atoms with E-state index in [1.807, 2.05) is 0 Å².